The van der Waals surface area contributed by atoms with Crippen LogP contribution in [-0.2, 0) is 6.54 Å². The van der Waals surface area contributed by atoms with Gasteiger partial charge in [-0.2, -0.15) is 5.10 Å². The van der Waals surface area contributed by atoms with Crippen LogP contribution in [0.2, 0.25) is 0 Å². The lowest BCUT2D eigenvalue weighted by Gasteiger charge is -2.02. The van der Waals surface area contributed by atoms with Crippen molar-refractivity contribution in [1.29, 1.82) is 0 Å². The Morgan fingerprint density at radius 1 is 1.92 bits per heavy atom. The van der Waals surface area contributed by atoms with Crippen LogP contribution in [0.25, 0.3) is 0 Å². The van der Waals surface area contributed by atoms with Crippen LogP contribution >= 0.6 is 0 Å². The highest BCUT2D eigenvalue weighted by Crippen LogP contribution is 2.07. The Bertz CT molecular complexity index is 281. The molecule has 1 unspecified atom stereocenters. The van der Waals surface area contributed by atoms with Gasteiger partial charge in [0.25, 0.3) is 0 Å². The molecule has 0 saturated heterocycles. The van der Waals surface area contributed by atoms with Gasteiger partial charge in [0.05, 0.1) is 11.5 Å². The van der Waals surface area contributed by atoms with E-state index in [2.05, 4.69) is 5.10 Å². The zero-order chi connectivity index (χ0) is 9.14. The van der Waals surface area contributed by atoms with Gasteiger partial charge in [-0.05, 0) is 6.92 Å². The van der Waals surface area contributed by atoms with Crippen molar-refractivity contribution in [2.24, 2.45) is 5.73 Å². The second-order valence-corrected chi connectivity index (χ2v) is 2.65. The molecule has 0 spiro atoms. The highest BCUT2D eigenvalue weighted by Gasteiger charge is 2.08. The Morgan fingerprint density at radius 2 is 2.58 bits per heavy atom. The lowest BCUT2D eigenvalue weighted by Crippen LogP contribution is -2.22. The average Bonchev–Trinajstić information content (AvgIpc) is 2.34. The molecule has 0 saturated carbocycles. The van der Waals surface area contributed by atoms with E-state index in [0.717, 1.165) is 0 Å². The van der Waals surface area contributed by atoms with Crippen LogP contribution in [0.4, 0.5) is 5.69 Å². The minimum absolute atomic E-state index is 0.00403. The van der Waals surface area contributed by atoms with Crippen molar-refractivity contribution in [3.05, 3.63) is 22.5 Å². The van der Waals surface area contributed by atoms with Crippen LogP contribution in [-0.4, -0.2) is 20.7 Å². The van der Waals surface area contributed by atoms with E-state index in [0.29, 0.717) is 6.54 Å². The third-order valence-electron chi connectivity index (χ3n) is 1.31. The standard InChI is InChI=1S/C6H10N4O2/c1-5(7)3-9-4-6(2-8-9)10(11)12/h2,4-5H,3,7H2,1H3. The summed E-state index contributed by atoms with van der Waals surface area (Å²) in [5.41, 5.74) is 5.48. The van der Waals surface area contributed by atoms with E-state index in [1.807, 2.05) is 6.92 Å². The third-order valence-corrected chi connectivity index (χ3v) is 1.31. The van der Waals surface area contributed by atoms with Crippen LogP contribution in [0.15, 0.2) is 12.4 Å². The van der Waals surface area contributed by atoms with E-state index in [-0.39, 0.29) is 11.7 Å². The number of nitrogens with zero attached hydrogens (tertiary/aromatic N) is 3. The van der Waals surface area contributed by atoms with Gasteiger partial charge >= 0.3 is 5.69 Å². The first-order valence-electron chi connectivity index (χ1n) is 3.52. The monoisotopic (exact) mass is 170 g/mol. The summed E-state index contributed by atoms with van der Waals surface area (Å²) in [5, 5.41) is 14.0. The molecule has 6 nitrogen and oxygen atoms in total. The van der Waals surface area contributed by atoms with Gasteiger partial charge < -0.3 is 5.73 Å². The molecule has 0 radical (unpaired) electrons. The van der Waals surface area contributed by atoms with Crippen molar-refractivity contribution >= 4 is 5.69 Å². The van der Waals surface area contributed by atoms with E-state index in [9.17, 15) is 10.1 Å². The van der Waals surface area contributed by atoms with Gasteiger partial charge in [-0.25, -0.2) is 0 Å². The first kappa shape index (κ1) is 8.66. The molecule has 0 aliphatic carbocycles. The average molecular weight is 170 g/mol. The Balaban J connectivity index is 2.71. The molecule has 0 amide bonds. The number of hydrogen-bond acceptors (Lipinski definition) is 4. The molecular weight excluding hydrogens is 160 g/mol. The molecule has 0 bridgehead atoms. The molecule has 0 aliphatic heterocycles. The van der Waals surface area contributed by atoms with Crippen molar-refractivity contribution < 1.29 is 4.92 Å². The molecule has 1 atom stereocenters. The van der Waals surface area contributed by atoms with Gasteiger partial charge in [0.2, 0.25) is 0 Å². The maximum Gasteiger partial charge on any atom is 0.306 e. The van der Waals surface area contributed by atoms with Crippen LogP contribution in [0.5, 0.6) is 0 Å². The fourth-order valence-electron chi connectivity index (χ4n) is 0.842. The van der Waals surface area contributed by atoms with E-state index >= 15 is 0 Å². The topological polar surface area (TPSA) is 87.0 Å². The molecule has 0 aliphatic rings. The van der Waals surface area contributed by atoms with Crippen molar-refractivity contribution in [3.63, 3.8) is 0 Å². The zero-order valence-corrected chi connectivity index (χ0v) is 6.67. The summed E-state index contributed by atoms with van der Waals surface area (Å²) in [6.07, 6.45) is 2.58. The van der Waals surface area contributed by atoms with Crippen molar-refractivity contribution in [2.75, 3.05) is 0 Å². The second-order valence-electron chi connectivity index (χ2n) is 2.65. The largest absolute Gasteiger partial charge is 0.326 e. The smallest absolute Gasteiger partial charge is 0.306 e. The van der Waals surface area contributed by atoms with Crippen LogP contribution in [0.1, 0.15) is 6.92 Å². The lowest BCUT2D eigenvalue weighted by molar-refractivity contribution is -0.385. The maximum atomic E-state index is 10.2. The molecule has 0 aromatic carbocycles. The number of aromatic nitrogens is 2. The number of nitrogens with two attached hydrogens (primary N) is 1. The Hall–Kier alpha value is -1.43. The van der Waals surface area contributed by atoms with Gasteiger partial charge in [0.1, 0.15) is 12.4 Å². The number of rotatable bonds is 3. The zero-order valence-electron chi connectivity index (χ0n) is 6.67. The van der Waals surface area contributed by atoms with Gasteiger partial charge in [-0.15, -0.1) is 0 Å². The Morgan fingerprint density at radius 3 is 3.00 bits per heavy atom. The summed E-state index contributed by atoms with van der Waals surface area (Å²) in [5.74, 6) is 0. The van der Waals surface area contributed by atoms with Crippen LogP contribution < -0.4 is 5.73 Å². The second kappa shape index (κ2) is 3.31. The number of hydrogen-bond donors (Lipinski definition) is 1. The first-order chi connectivity index (χ1) is 5.59. The third kappa shape index (κ3) is 2.03. The van der Waals surface area contributed by atoms with Gasteiger partial charge in [-0.3, -0.25) is 14.8 Å². The van der Waals surface area contributed by atoms with Crippen molar-refractivity contribution in [1.82, 2.24) is 9.78 Å². The molecule has 6 heteroatoms. The van der Waals surface area contributed by atoms with E-state index < -0.39 is 4.92 Å². The van der Waals surface area contributed by atoms with Gasteiger partial charge in [0.15, 0.2) is 0 Å². The Kier molecular flexibility index (Phi) is 2.39. The summed E-state index contributed by atoms with van der Waals surface area (Å²) in [7, 11) is 0. The Labute approximate surface area is 69.1 Å². The summed E-state index contributed by atoms with van der Waals surface area (Å²) in [6.45, 7) is 2.31. The summed E-state index contributed by atoms with van der Waals surface area (Å²) >= 11 is 0. The van der Waals surface area contributed by atoms with Crippen LogP contribution in [0.3, 0.4) is 0 Å². The van der Waals surface area contributed by atoms with Gasteiger partial charge in [-0.1, -0.05) is 0 Å². The predicted molar refractivity (Wildman–Crippen MR) is 42.5 cm³/mol. The highest BCUT2D eigenvalue weighted by molar-refractivity contribution is 5.20. The molecule has 66 valence electrons. The minimum Gasteiger partial charge on any atom is -0.326 e. The molecule has 1 aromatic heterocycles. The minimum atomic E-state index is -0.481. The molecule has 2 N–H and O–H groups in total. The first-order valence-corrected chi connectivity index (χ1v) is 3.52. The predicted octanol–water partition coefficient (Wildman–Crippen LogP) is 0.139. The molecule has 1 heterocycles. The molecule has 1 aromatic rings. The molecule has 12 heavy (non-hydrogen) atoms. The lowest BCUT2D eigenvalue weighted by atomic mass is 10.4. The summed E-state index contributed by atoms with van der Waals surface area (Å²) < 4.78 is 1.46. The van der Waals surface area contributed by atoms with E-state index in [1.54, 1.807) is 0 Å². The molecular formula is C6H10N4O2. The summed E-state index contributed by atoms with van der Waals surface area (Å²) in [4.78, 5) is 9.74. The quantitative estimate of drug-likeness (QED) is 0.516. The maximum absolute atomic E-state index is 10.2. The van der Waals surface area contributed by atoms with E-state index in [4.69, 9.17) is 5.73 Å². The van der Waals surface area contributed by atoms with Gasteiger partial charge in [0, 0.05) is 6.04 Å². The van der Waals surface area contributed by atoms with Crippen molar-refractivity contribution in [2.45, 2.75) is 19.5 Å². The fourth-order valence-corrected chi connectivity index (χ4v) is 0.842. The summed E-state index contributed by atoms with van der Waals surface area (Å²) in [6, 6.07) is -0.0514. The van der Waals surface area contributed by atoms with Crippen molar-refractivity contribution in [3.8, 4) is 0 Å². The normalized spacial score (nSPS) is 12.8. The molecule has 1 rings (SSSR count). The van der Waals surface area contributed by atoms with E-state index in [1.165, 1.54) is 17.1 Å². The number of nitro groups is 1. The molecule has 0 fully saturated rings. The highest BCUT2D eigenvalue weighted by atomic mass is 16.6. The van der Waals surface area contributed by atoms with Crippen LogP contribution in [0, 0.1) is 10.1 Å². The fraction of sp³-hybridized carbons (Fsp3) is 0.500. The SMILES string of the molecule is CC(N)Cn1cc([N+](=O)[O-])cn1.